The summed E-state index contributed by atoms with van der Waals surface area (Å²) in [5.41, 5.74) is 3.63. The summed E-state index contributed by atoms with van der Waals surface area (Å²) in [6, 6.07) is 17.2. The zero-order valence-corrected chi connectivity index (χ0v) is 17.2. The number of anilines is 1. The number of para-hydroxylation sites is 1. The molecule has 0 aliphatic carbocycles. The lowest BCUT2D eigenvalue weighted by Crippen LogP contribution is -2.12. The number of rotatable bonds is 5. The first-order chi connectivity index (χ1) is 14.0. The molecule has 4 aromatic rings. The van der Waals surface area contributed by atoms with Gasteiger partial charge in [-0.2, -0.15) is 5.10 Å². The van der Waals surface area contributed by atoms with Crippen molar-refractivity contribution >= 4 is 22.4 Å². The predicted molar refractivity (Wildman–Crippen MR) is 115 cm³/mol. The van der Waals surface area contributed by atoms with E-state index in [1.54, 1.807) is 18.0 Å². The van der Waals surface area contributed by atoms with Gasteiger partial charge in [-0.1, -0.05) is 30.3 Å². The Labute approximate surface area is 172 Å². The molecule has 0 aliphatic heterocycles. The molecular weight excluding hydrogens is 384 g/mol. The van der Waals surface area contributed by atoms with Crippen molar-refractivity contribution in [1.82, 2.24) is 14.8 Å². The first-order valence-electron chi connectivity index (χ1n) is 9.10. The van der Waals surface area contributed by atoms with Gasteiger partial charge in [-0.25, -0.2) is 9.67 Å². The van der Waals surface area contributed by atoms with Crippen LogP contribution in [0.15, 0.2) is 60.8 Å². The molecule has 2 heterocycles. The molecule has 0 radical (unpaired) electrons. The van der Waals surface area contributed by atoms with Crippen molar-refractivity contribution < 1.29 is 9.53 Å². The largest absolute Gasteiger partial charge is 0.497 e. The summed E-state index contributed by atoms with van der Waals surface area (Å²) in [6.45, 7) is 3.91. The fourth-order valence-corrected chi connectivity index (χ4v) is 3.74. The van der Waals surface area contributed by atoms with Crippen molar-refractivity contribution in [2.45, 2.75) is 13.8 Å². The number of aromatic nitrogens is 3. The van der Waals surface area contributed by atoms with Gasteiger partial charge in [-0.3, -0.25) is 10.1 Å². The SMILES string of the molecule is COc1cccc(-c2nn(-c3ccccc3)cc2C(=O)Nc2nc(C)c(C)s2)c1. The number of hydrogen-bond acceptors (Lipinski definition) is 5. The summed E-state index contributed by atoms with van der Waals surface area (Å²) in [5, 5.41) is 8.18. The van der Waals surface area contributed by atoms with Crippen LogP contribution in [0.3, 0.4) is 0 Å². The third-order valence-corrected chi connectivity index (χ3v) is 5.56. The first-order valence-corrected chi connectivity index (χ1v) is 9.91. The number of ether oxygens (including phenoxy) is 1. The number of benzene rings is 2. The number of methoxy groups -OCH3 is 1. The third kappa shape index (κ3) is 3.90. The molecule has 7 heteroatoms. The van der Waals surface area contributed by atoms with E-state index >= 15 is 0 Å². The van der Waals surface area contributed by atoms with E-state index < -0.39 is 0 Å². The number of thiazole rings is 1. The minimum Gasteiger partial charge on any atom is -0.497 e. The number of nitrogens with zero attached hydrogens (tertiary/aromatic N) is 3. The maximum Gasteiger partial charge on any atom is 0.261 e. The van der Waals surface area contributed by atoms with E-state index in [1.165, 1.54) is 11.3 Å². The van der Waals surface area contributed by atoms with Crippen LogP contribution in [0.1, 0.15) is 20.9 Å². The Kier molecular flexibility index (Phi) is 5.14. The Bertz CT molecular complexity index is 1150. The highest BCUT2D eigenvalue weighted by molar-refractivity contribution is 7.15. The second-order valence-corrected chi connectivity index (χ2v) is 7.72. The highest BCUT2D eigenvalue weighted by Gasteiger charge is 2.20. The van der Waals surface area contributed by atoms with Gasteiger partial charge >= 0.3 is 0 Å². The predicted octanol–water partition coefficient (Wildman–Crippen LogP) is 4.87. The van der Waals surface area contributed by atoms with Crippen LogP contribution >= 0.6 is 11.3 Å². The number of carbonyl (C=O) groups excluding carboxylic acids is 1. The van der Waals surface area contributed by atoms with E-state index in [0.717, 1.165) is 21.8 Å². The van der Waals surface area contributed by atoms with Crippen LogP contribution in [0.5, 0.6) is 5.75 Å². The van der Waals surface area contributed by atoms with Crippen molar-refractivity contribution in [2.24, 2.45) is 0 Å². The summed E-state index contributed by atoms with van der Waals surface area (Å²) >= 11 is 1.46. The van der Waals surface area contributed by atoms with Crippen LogP contribution in [0.25, 0.3) is 16.9 Å². The average molecular weight is 404 g/mol. The Morgan fingerprint density at radius 1 is 1.10 bits per heavy atom. The van der Waals surface area contributed by atoms with Crippen LogP contribution < -0.4 is 10.1 Å². The topological polar surface area (TPSA) is 69.0 Å². The van der Waals surface area contributed by atoms with E-state index in [9.17, 15) is 4.79 Å². The second-order valence-electron chi connectivity index (χ2n) is 6.52. The molecule has 0 saturated carbocycles. The van der Waals surface area contributed by atoms with Gasteiger partial charge in [0, 0.05) is 16.6 Å². The Morgan fingerprint density at radius 2 is 1.90 bits per heavy atom. The van der Waals surface area contributed by atoms with Gasteiger partial charge in [0.2, 0.25) is 0 Å². The molecule has 146 valence electrons. The van der Waals surface area contributed by atoms with Crippen LogP contribution in [0, 0.1) is 13.8 Å². The molecular formula is C22H20N4O2S. The highest BCUT2D eigenvalue weighted by atomic mass is 32.1. The maximum absolute atomic E-state index is 13.1. The fourth-order valence-electron chi connectivity index (χ4n) is 2.93. The summed E-state index contributed by atoms with van der Waals surface area (Å²) in [5.74, 6) is 0.452. The van der Waals surface area contributed by atoms with Crippen molar-refractivity contribution in [2.75, 3.05) is 12.4 Å². The maximum atomic E-state index is 13.1. The third-order valence-electron chi connectivity index (χ3n) is 4.57. The molecule has 29 heavy (non-hydrogen) atoms. The van der Waals surface area contributed by atoms with Gasteiger partial charge in [-0.05, 0) is 38.1 Å². The van der Waals surface area contributed by atoms with Crippen molar-refractivity contribution in [1.29, 1.82) is 0 Å². The molecule has 0 spiro atoms. The van der Waals surface area contributed by atoms with Gasteiger partial charge < -0.3 is 4.74 Å². The van der Waals surface area contributed by atoms with Crippen LogP contribution in [-0.4, -0.2) is 27.8 Å². The minimum absolute atomic E-state index is 0.251. The molecule has 6 nitrogen and oxygen atoms in total. The molecule has 0 fully saturated rings. The quantitative estimate of drug-likeness (QED) is 0.515. The van der Waals surface area contributed by atoms with E-state index in [2.05, 4.69) is 10.3 Å². The Balaban J connectivity index is 1.77. The lowest BCUT2D eigenvalue weighted by atomic mass is 10.1. The van der Waals surface area contributed by atoms with Gasteiger partial charge in [0.25, 0.3) is 5.91 Å². The van der Waals surface area contributed by atoms with E-state index in [-0.39, 0.29) is 5.91 Å². The second kappa shape index (κ2) is 7.89. The van der Waals surface area contributed by atoms with Crippen molar-refractivity contribution in [3.8, 4) is 22.7 Å². The molecule has 4 rings (SSSR count). The monoisotopic (exact) mass is 404 g/mol. The summed E-state index contributed by atoms with van der Waals surface area (Å²) in [4.78, 5) is 18.6. The molecule has 2 aromatic carbocycles. The minimum atomic E-state index is -0.251. The van der Waals surface area contributed by atoms with E-state index in [1.807, 2.05) is 68.4 Å². The lowest BCUT2D eigenvalue weighted by Gasteiger charge is -2.05. The van der Waals surface area contributed by atoms with Crippen LogP contribution in [-0.2, 0) is 0 Å². The molecule has 2 aromatic heterocycles. The number of carbonyl (C=O) groups is 1. The van der Waals surface area contributed by atoms with Gasteiger partial charge in [0.05, 0.1) is 24.1 Å². The first kappa shape index (κ1) is 18.9. The molecule has 0 aliphatic rings. The molecule has 0 saturated heterocycles. The zero-order valence-electron chi connectivity index (χ0n) is 16.3. The normalized spacial score (nSPS) is 10.7. The number of hydrogen-bond donors (Lipinski definition) is 1. The smallest absolute Gasteiger partial charge is 0.261 e. The molecule has 1 N–H and O–H groups in total. The van der Waals surface area contributed by atoms with Crippen molar-refractivity contribution in [3.63, 3.8) is 0 Å². The standard InChI is InChI=1S/C22H20N4O2S/c1-14-15(2)29-22(23-14)24-21(27)19-13-26(17-9-5-4-6-10-17)25-20(19)16-8-7-11-18(12-16)28-3/h4-13H,1-3H3,(H,23,24,27). The fraction of sp³-hybridized carbons (Fsp3) is 0.136. The van der Waals surface area contributed by atoms with Crippen molar-refractivity contribution in [3.05, 3.63) is 76.9 Å². The lowest BCUT2D eigenvalue weighted by molar-refractivity contribution is 0.102. The number of amides is 1. The zero-order chi connectivity index (χ0) is 20.4. The Morgan fingerprint density at radius 3 is 2.59 bits per heavy atom. The van der Waals surface area contributed by atoms with Gasteiger partial charge in [0.15, 0.2) is 5.13 Å². The summed E-state index contributed by atoms with van der Waals surface area (Å²) < 4.78 is 7.05. The van der Waals surface area contributed by atoms with E-state index in [0.29, 0.717) is 22.1 Å². The molecule has 0 bridgehead atoms. The molecule has 0 unspecified atom stereocenters. The molecule has 0 atom stereocenters. The van der Waals surface area contributed by atoms with E-state index in [4.69, 9.17) is 9.84 Å². The summed E-state index contributed by atoms with van der Waals surface area (Å²) in [6.07, 6.45) is 1.74. The van der Waals surface area contributed by atoms with Crippen LogP contribution in [0.4, 0.5) is 5.13 Å². The highest BCUT2D eigenvalue weighted by Crippen LogP contribution is 2.28. The van der Waals surface area contributed by atoms with Crippen LogP contribution in [0.2, 0.25) is 0 Å². The average Bonchev–Trinajstić information content (AvgIpc) is 3.32. The van der Waals surface area contributed by atoms with Gasteiger partial charge in [0.1, 0.15) is 11.4 Å². The number of aryl methyl sites for hydroxylation is 2. The van der Waals surface area contributed by atoms with Gasteiger partial charge in [-0.15, -0.1) is 11.3 Å². The molecule has 1 amide bonds. The summed E-state index contributed by atoms with van der Waals surface area (Å²) in [7, 11) is 1.61. The Hall–Kier alpha value is -3.45. The number of nitrogens with one attached hydrogen (secondary N) is 1.